The molecule has 0 saturated carbocycles. The van der Waals surface area contributed by atoms with Crippen molar-refractivity contribution in [2.75, 3.05) is 5.32 Å². The molecular weight excluding hydrogens is 392 g/mol. The van der Waals surface area contributed by atoms with Crippen LogP contribution < -0.4 is 5.32 Å². The Labute approximate surface area is 152 Å². The molecule has 0 aromatic heterocycles. The highest BCUT2D eigenvalue weighted by molar-refractivity contribution is 9.10. The first-order valence-electron chi connectivity index (χ1n) is 7.72. The van der Waals surface area contributed by atoms with Gasteiger partial charge in [-0.3, -0.25) is 10.1 Å². The third kappa shape index (κ3) is 2.34. The summed E-state index contributed by atoms with van der Waals surface area (Å²) in [6, 6.07) is 11.2. The average molecular weight is 406 g/mol. The first-order chi connectivity index (χ1) is 11.6. The number of anilines is 1. The van der Waals surface area contributed by atoms with E-state index in [1.807, 2.05) is 18.2 Å². The highest BCUT2D eigenvalue weighted by Crippen LogP contribution is 2.54. The monoisotopic (exact) mass is 404 g/mol. The Morgan fingerprint density at radius 2 is 2.04 bits per heavy atom. The van der Waals surface area contributed by atoms with Crippen molar-refractivity contribution in [2.24, 2.45) is 5.92 Å². The zero-order chi connectivity index (χ0) is 16.8. The van der Waals surface area contributed by atoms with Crippen molar-refractivity contribution in [3.05, 3.63) is 79.3 Å². The average Bonchev–Trinajstić information content (AvgIpc) is 3.05. The van der Waals surface area contributed by atoms with Gasteiger partial charge in [0.1, 0.15) is 0 Å². The number of nitro benzene ring substituents is 1. The second-order valence-electron chi connectivity index (χ2n) is 6.11. The van der Waals surface area contributed by atoms with E-state index in [0.29, 0.717) is 16.3 Å². The molecule has 0 amide bonds. The van der Waals surface area contributed by atoms with Crippen LogP contribution in [0.2, 0.25) is 5.02 Å². The fourth-order valence-corrected chi connectivity index (χ4v) is 4.60. The molecule has 0 spiro atoms. The van der Waals surface area contributed by atoms with Gasteiger partial charge in [-0.05, 0) is 30.0 Å². The summed E-state index contributed by atoms with van der Waals surface area (Å²) in [4.78, 5) is 11.2. The van der Waals surface area contributed by atoms with Gasteiger partial charge in [-0.2, -0.15) is 0 Å². The largest absolute Gasteiger partial charge is 0.376 e. The number of nitrogens with zero attached hydrogens (tertiary/aromatic N) is 1. The van der Waals surface area contributed by atoms with Crippen molar-refractivity contribution >= 4 is 38.9 Å². The summed E-state index contributed by atoms with van der Waals surface area (Å²) in [5, 5.41) is 15.5. The van der Waals surface area contributed by atoms with Gasteiger partial charge in [0.15, 0.2) is 0 Å². The number of halogens is 2. The van der Waals surface area contributed by atoms with E-state index in [1.54, 1.807) is 6.07 Å². The van der Waals surface area contributed by atoms with Gasteiger partial charge >= 0.3 is 0 Å². The van der Waals surface area contributed by atoms with E-state index in [0.717, 1.165) is 16.5 Å². The molecule has 1 N–H and O–H groups in total. The van der Waals surface area contributed by atoms with E-state index in [1.165, 1.54) is 6.07 Å². The molecule has 6 heteroatoms. The number of hydrogen-bond acceptors (Lipinski definition) is 3. The van der Waals surface area contributed by atoms with Crippen molar-refractivity contribution in [1.29, 1.82) is 0 Å². The number of nitrogens with one attached hydrogen (secondary N) is 1. The lowest BCUT2D eigenvalue weighted by Crippen LogP contribution is -2.30. The summed E-state index contributed by atoms with van der Waals surface area (Å²) in [7, 11) is 0. The van der Waals surface area contributed by atoms with Crippen molar-refractivity contribution in [3.8, 4) is 0 Å². The molecule has 1 heterocycles. The zero-order valence-corrected chi connectivity index (χ0v) is 14.9. The van der Waals surface area contributed by atoms with Crippen molar-refractivity contribution in [3.63, 3.8) is 0 Å². The van der Waals surface area contributed by atoms with E-state index in [9.17, 15) is 10.1 Å². The summed E-state index contributed by atoms with van der Waals surface area (Å²) in [5.41, 5.74) is 2.66. The minimum absolute atomic E-state index is 0.00236. The maximum absolute atomic E-state index is 11.5. The smallest absolute Gasteiger partial charge is 0.275 e. The van der Waals surface area contributed by atoms with Crippen LogP contribution in [0, 0.1) is 16.0 Å². The molecule has 0 saturated heterocycles. The fraction of sp³-hybridized carbons (Fsp3) is 0.222. The topological polar surface area (TPSA) is 55.2 Å². The molecular formula is C18H14BrClN2O2. The fourth-order valence-electron chi connectivity index (χ4n) is 3.85. The van der Waals surface area contributed by atoms with Crippen LogP contribution in [0.4, 0.5) is 11.4 Å². The number of hydrogen-bond donors (Lipinski definition) is 1. The molecule has 4 nitrogen and oxygen atoms in total. The molecule has 0 bridgehead atoms. The number of allylic oxidation sites excluding steroid dienone is 2. The van der Waals surface area contributed by atoms with Crippen LogP contribution in [0.15, 0.2) is 53.0 Å². The van der Waals surface area contributed by atoms with Gasteiger partial charge < -0.3 is 5.32 Å². The minimum atomic E-state index is -0.321. The quantitative estimate of drug-likeness (QED) is 0.388. The first-order valence-corrected chi connectivity index (χ1v) is 8.89. The Kier molecular flexibility index (Phi) is 3.85. The van der Waals surface area contributed by atoms with Gasteiger partial charge in [-0.25, -0.2) is 0 Å². The Hall–Kier alpha value is -1.85. The normalized spacial score (nSPS) is 24.2. The molecule has 0 unspecified atom stereocenters. The summed E-state index contributed by atoms with van der Waals surface area (Å²) >= 11 is 10.0. The van der Waals surface area contributed by atoms with Gasteiger partial charge in [0.25, 0.3) is 5.69 Å². The molecule has 2 aliphatic rings. The molecule has 2 aromatic rings. The zero-order valence-electron chi connectivity index (χ0n) is 12.6. The summed E-state index contributed by atoms with van der Waals surface area (Å²) in [6.45, 7) is 0. The molecule has 122 valence electrons. The third-order valence-electron chi connectivity index (χ3n) is 4.88. The molecule has 0 fully saturated rings. The van der Waals surface area contributed by atoms with Crippen molar-refractivity contribution in [2.45, 2.75) is 18.4 Å². The van der Waals surface area contributed by atoms with Crippen molar-refractivity contribution < 1.29 is 4.92 Å². The Balaban J connectivity index is 1.90. The van der Waals surface area contributed by atoms with Crippen LogP contribution >= 0.6 is 27.5 Å². The van der Waals surface area contributed by atoms with Crippen LogP contribution in [-0.4, -0.2) is 4.92 Å². The van der Waals surface area contributed by atoms with Crippen LogP contribution in [0.3, 0.4) is 0 Å². The maximum atomic E-state index is 11.5. The second-order valence-corrected chi connectivity index (χ2v) is 7.37. The molecule has 24 heavy (non-hydrogen) atoms. The molecule has 1 aliphatic heterocycles. The van der Waals surface area contributed by atoms with E-state index >= 15 is 0 Å². The third-order valence-corrected chi connectivity index (χ3v) is 5.92. The van der Waals surface area contributed by atoms with Crippen LogP contribution in [0.1, 0.15) is 29.5 Å². The molecule has 0 radical (unpaired) electrons. The number of benzene rings is 2. The molecule has 1 aliphatic carbocycles. The van der Waals surface area contributed by atoms with E-state index in [-0.39, 0.29) is 28.5 Å². The Morgan fingerprint density at radius 3 is 2.79 bits per heavy atom. The van der Waals surface area contributed by atoms with Crippen LogP contribution in [0.5, 0.6) is 0 Å². The molecule has 2 aromatic carbocycles. The van der Waals surface area contributed by atoms with Gasteiger partial charge in [-0.1, -0.05) is 57.9 Å². The predicted octanol–water partition coefficient (Wildman–Crippen LogP) is 5.84. The minimum Gasteiger partial charge on any atom is -0.376 e. The first kappa shape index (κ1) is 15.7. The van der Waals surface area contributed by atoms with Crippen molar-refractivity contribution in [1.82, 2.24) is 0 Å². The number of fused-ring (bicyclic) bond motifs is 3. The van der Waals surface area contributed by atoms with E-state index in [4.69, 9.17) is 11.6 Å². The van der Waals surface area contributed by atoms with Gasteiger partial charge in [0.2, 0.25) is 0 Å². The molecule has 4 rings (SSSR count). The van der Waals surface area contributed by atoms with Crippen LogP contribution in [-0.2, 0) is 0 Å². The highest BCUT2D eigenvalue weighted by atomic mass is 79.9. The second kappa shape index (κ2) is 5.90. The predicted molar refractivity (Wildman–Crippen MR) is 98.6 cm³/mol. The van der Waals surface area contributed by atoms with Gasteiger partial charge in [0, 0.05) is 16.5 Å². The Morgan fingerprint density at radius 1 is 1.25 bits per heavy atom. The summed E-state index contributed by atoms with van der Waals surface area (Å²) < 4.78 is 1.03. The van der Waals surface area contributed by atoms with Gasteiger partial charge in [0.05, 0.1) is 27.2 Å². The van der Waals surface area contributed by atoms with Crippen LogP contribution in [0.25, 0.3) is 0 Å². The Bertz CT molecular complexity index is 868. The lowest BCUT2D eigenvalue weighted by molar-refractivity contribution is -0.385. The van der Waals surface area contributed by atoms with E-state index < -0.39 is 0 Å². The lowest BCUT2D eigenvalue weighted by atomic mass is 9.76. The standard InChI is InChI=1S/C18H14BrClN2O2/c19-13-7-2-1-4-12(13)17-11-6-3-5-10(11)16-15(22(23)24)9-8-14(20)18(16)21-17/h1-5,7-11,17,21H,6H2/t10-,11+,17-/m1/s1. The lowest BCUT2D eigenvalue weighted by Gasteiger charge is -2.37. The number of nitro groups is 1. The number of rotatable bonds is 2. The summed E-state index contributed by atoms with van der Waals surface area (Å²) in [5.74, 6) is 0.228. The summed E-state index contributed by atoms with van der Waals surface area (Å²) in [6.07, 6.45) is 5.07. The SMILES string of the molecule is O=[N+]([O-])c1ccc(Cl)c2c1[C@@H]1C=CC[C@@H]1[C@H](c1ccccc1Br)N2. The highest BCUT2D eigenvalue weighted by Gasteiger charge is 2.42. The molecule has 3 atom stereocenters. The van der Waals surface area contributed by atoms with E-state index in [2.05, 4.69) is 39.5 Å². The van der Waals surface area contributed by atoms with Gasteiger partial charge in [-0.15, -0.1) is 0 Å². The maximum Gasteiger partial charge on any atom is 0.275 e.